The maximum absolute atomic E-state index is 5.39. The van der Waals surface area contributed by atoms with Crippen LogP contribution in [0.4, 0.5) is 0 Å². The minimum atomic E-state index is 0.558. The molecule has 0 radical (unpaired) electrons. The van der Waals surface area contributed by atoms with Gasteiger partial charge < -0.3 is 9.09 Å². The van der Waals surface area contributed by atoms with Gasteiger partial charge in [-0.1, -0.05) is 23.4 Å². The monoisotopic (exact) mass is 378 g/mol. The maximum atomic E-state index is 5.39. The predicted octanol–water partition coefficient (Wildman–Crippen LogP) is 4.77. The van der Waals surface area contributed by atoms with Crippen LogP contribution in [0.3, 0.4) is 0 Å². The van der Waals surface area contributed by atoms with Gasteiger partial charge in [0.15, 0.2) is 5.82 Å². The fraction of sp³-hybridized carbons (Fsp3) is 0.565. The first kappa shape index (κ1) is 17.9. The molecule has 0 unspecified atom stereocenters. The fourth-order valence-electron chi connectivity index (χ4n) is 4.58. The van der Waals surface area contributed by atoms with Gasteiger partial charge in [-0.05, 0) is 69.7 Å². The molecule has 2 aromatic heterocycles. The van der Waals surface area contributed by atoms with Crippen molar-refractivity contribution in [3.8, 4) is 0 Å². The standard InChI is InChI=1S/C23H30N4O/c1-2-27-16-19(20-5-3-4-6-21(20)27)15-26-13-11-17(12-14-26)7-10-22-24-23(28-25-22)18-8-9-18/h3-6,16-18H,2,7-15H2,1H3. The number of benzene rings is 1. The molecular formula is C23H30N4O. The van der Waals surface area contributed by atoms with Gasteiger partial charge in [-0.25, -0.2) is 0 Å². The quantitative estimate of drug-likeness (QED) is 0.594. The van der Waals surface area contributed by atoms with Crippen LogP contribution in [0.2, 0.25) is 0 Å². The number of rotatable bonds is 7. The van der Waals surface area contributed by atoms with Gasteiger partial charge in [0.05, 0.1) is 0 Å². The summed E-state index contributed by atoms with van der Waals surface area (Å²) in [6.07, 6.45) is 9.50. The molecule has 1 aromatic carbocycles. The van der Waals surface area contributed by atoms with E-state index in [1.807, 2.05) is 0 Å². The maximum Gasteiger partial charge on any atom is 0.229 e. The van der Waals surface area contributed by atoms with Gasteiger partial charge in [0.25, 0.3) is 0 Å². The summed E-state index contributed by atoms with van der Waals surface area (Å²) in [4.78, 5) is 7.20. The van der Waals surface area contributed by atoms with Gasteiger partial charge >= 0.3 is 0 Å². The highest BCUT2D eigenvalue weighted by atomic mass is 16.5. The van der Waals surface area contributed by atoms with E-state index < -0.39 is 0 Å². The Labute approximate surface area is 166 Å². The smallest absolute Gasteiger partial charge is 0.229 e. The summed E-state index contributed by atoms with van der Waals surface area (Å²) in [5, 5.41) is 5.59. The van der Waals surface area contributed by atoms with Crippen LogP contribution in [-0.2, 0) is 19.5 Å². The number of fused-ring (bicyclic) bond motifs is 1. The Hall–Kier alpha value is -2.14. The number of aromatic nitrogens is 3. The zero-order chi connectivity index (χ0) is 18.9. The fourth-order valence-corrected chi connectivity index (χ4v) is 4.58. The van der Waals surface area contributed by atoms with Crippen LogP contribution in [0.15, 0.2) is 35.0 Å². The van der Waals surface area contributed by atoms with E-state index in [0.717, 1.165) is 37.1 Å². The van der Waals surface area contributed by atoms with E-state index >= 15 is 0 Å². The van der Waals surface area contributed by atoms with Crippen LogP contribution in [-0.4, -0.2) is 32.7 Å². The Morgan fingerprint density at radius 3 is 2.71 bits per heavy atom. The molecule has 2 fully saturated rings. The summed E-state index contributed by atoms with van der Waals surface area (Å²) >= 11 is 0. The van der Waals surface area contributed by atoms with Crippen molar-refractivity contribution >= 4 is 10.9 Å². The van der Waals surface area contributed by atoms with Gasteiger partial charge in [-0.15, -0.1) is 0 Å². The first-order chi connectivity index (χ1) is 13.8. The predicted molar refractivity (Wildman–Crippen MR) is 110 cm³/mol. The molecule has 5 heteroatoms. The molecule has 0 bridgehead atoms. The van der Waals surface area contributed by atoms with Crippen molar-refractivity contribution in [2.75, 3.05) is 13.1 Å². The summed E-state index contributed by atoms with van der Waals surface area (Å²) in [6, 6.07) is 8.80. The molecule has 1 aliphatic heterocycles. The molecule has 0 spiro atoms. The average Bonchev–Trinajstić information content (AvgIpc) is 3.38. The van der Waals surface area contributed by atoms with Gasteiger partial charge in [0, 0.05) is 42.5 Å². The topological polar surface area (TPSA) is 47.1 Å². The Morgan fingerprint density at radius 1 is 1.11 bits per heavy atom. The zero-order valence-corrected chi connectivity index (χ0v) is 16.8. The molecule has 5 rings (SSSR count). The number of likely N-dealkylation sites (tertiary alicyclic amines) is 1. The number of para-hydroxylation sites is 1. The zero-order valence-electron chi connectivity index (χ0n) is 16.8. The van der Waals surface area contributed by atoms with Crippen molar-refractivity contribution in [3.63, 3.8) is 0 Å². The van der Waals surface area contributed by atoms with Crippen LogP contribution in [0.5, 0.6) is 0 Å². The molecule has 2 aliphatic rings. The molecule has 1 aliphatic carbocycles. The highest BCUT2D eigenvalue weighted by molar-refractivity contribution is 5.83. The lowest BCUT2D eigenvalue weighted by molar-refractivity contribution is 0.172. The Balaban J connectivity index is 1.14. The van der Waals surface area contributed by atoms with Crippen molar-refractivity contribution in [2.45, 2.75) is 64.5 Å². The molecule has 0 atom stereocenters. The van der Waals surface area contributed by atoms with Crippen LogP contribution in [0, 0.1) is 5.92 Å². The third-order valence-corrected chi connectivity index (χ3v) is 6.50. The largest absolute Gasteiger partial charge is 0.347 e. The molecule has 0 amide bonds. The third-order valence-electron chi connectivity index (χ3n) is 6.50. The minimum Gasteiger partial charge on any atom is -0.347 e. The Morgan fingerprint density at radius 2 is 1.93 bits per heavy atom. The molecule has 5 nitrogen and oxygen atoms in total. The van der Waals surface area contributed by atoms with E-state index in [1.54, 1.807) is 0 Å². The van der Waals surface area contributed by atoms with Crippen molar-refractivity contribution in [1.82, 2.24) is 19.6 Å². The van der Waals surface area contributed by atoms with Gasteiger partial charge in [0.2, 0.25) is 5.89 Å². The molecule has 0 N–H and O–H groups in total. The average molecular weight is 379 g/mol. The van der Waals surface area contributed by atoms with Crippen LogP contribution >= 0.6 is 0 Å². The van der Waals surface area contributed by atoms with Crippen molar-refractivity contribution in [1.29, 1.82) is 0 Å². The van der Waals surface area contributed by atoms with Gasteiger partial charge in [-0.3, -0.25) is 4.90 Å². The van der Waals surface area contributed by atoms with Gasteiger partial charge in [0.1, 0.15) is 0 Å². The second kappa shape index (κ2) is 7.70. The lowest BCUT2D eigenvalue weighted by atomic mass is 9.92. The number of hydrogen-bond acceptors (Lipinski definition) is 4. The summed E-state index contributed by atoms with van der Waals surface area (Å²) < 4.78 is 7.76. The van der Waals surface area contributed by atoms with Crippen LogP contribution < -0.4 is 0 Å². The lowest BCUT2D eigenvalue weighted by Gasteiger charge is -2.31. The number of nitrogens with zero attached hydrogens (tertiary/aromatic N) is 4. The third kappa shape index (κ3) is 3.72. The van der Waals surface area contributed by atoms with Crippen LogP contribution in [0.25, 0.3) is 10.9 Å². The summed E-state index contributed by atoms with van der Waals surface area (Å²) in [5.41, 5.74) is 2.83. The molecule has 3 aromatic rings. The summed E-state index contributed by atoms with van der Waals surface area (Å²) in [6.45, 7) is 6.70. The Kier molecular flexibility index (Phi) is 4.93. The van der Waals surface area contributed by atoms with Crippen molar-refractivity contribution in [3.05, 3.63) is 47.7 Å². The normalized spacial score (nSPS) is 18.9. The second-order valence-electron chi connectivity index (χ2n) is 8.54. The highest BCUT2D eigenvalue weighted by Gasteiger charge is 2.29. The molecule has 148 valence electrons. The van der Waals surface area contributed by atoms with E-state index in [2.05, 4.69) is 57.0 Å². The van der Waals surface area contributed by atoms with Crippen molar-refractivity contribution in [2.24, 2.45) is 5.92 Å². The molecule has 1 saturated heterocycles. The molecule has 3 heterocycles. The minimum absolute atomic E-state index is 0.558. The SMILES string of the molecule is CCn1cc(CN2CCC(CCc3noc(C4CC4)n3)CC2)c2ccccc21. The first-order valence-corrected chi connectivity index (χ1v) is 10.9. The number of aryl methyl sites for hydroxylation is 2. The summed E-state index contributed by atoms with van der Waals surface area (Å²) in [5.74, 6) is 3.13. The lowest BCUT2D eigenvalue weighted by Crippen LogP contribution is -2.33. The second-order valence-corrected chi connectivity index (χ2v) is 8.54. The molecule has 1 saturated carbocycles. The van der Waals surface area contributed by atoms with Crippen LogP contribution in [0.1, 0.15) is 62.2 Å². The number of piperidine rings is 1. The Bertz CT molecular complexity index is 931. The van der Waals surface area contributed by atoms with Gasteiger partial charge in [-0.2, -0.15) is 4.98 Å². The molecule has 28 heavy (non-hydrogen) atoms. The van der Waals surface area contributed by atoms with E-state index in [4.69, 9.17) is 4.52 Å². The number of hydrogen-bond donors (Lipinski definition) is 0. The van der Waals surface area contributed by atoms with E-state index in [0.29, 0.717) is 5.92 Å². The first-order valence-electron chi connectivity index (χ1n) is 10.9. The van der Waals surface area contributed by atoms with E-state index in [9.17, 15) is 0 Å². The van der Waals surface area contributed by atoms with Crippen molar-refractivity contribution < 1.29 is 4.52 Å². The summed E-state index contributed by atoms with van der Waals surface area (Å²) in [7, 11) is 0. The van der Waals surface area contributed by atoms with E-state index in [1.165, 1.54) is 61.7 Å². The highest BCUT2D eigenvalue weighted by Crippen LogP contribution is 2.39. The molecular weight excluding hydrogens is 348 g/mol. The van der Waals surface area contributed by atoms with E-state index in [-0.39, 0.29) is 0 Å².